The smallest absolute Gasteiger partial charge is 0.0566 e. The molecule has 1 saturated heterocycles. The number of ether oxygens (including phenoxy) is 1. The van der Waals surface area contributed by atoms with Gasteiger partial charge in [0.15, 0.2) is 0 Å². The Morgan fingerprint density at radius 2 is 2.25 bits per heavy atom. The molecular weight excluding hydrogens is 266 g/mol. The van der Waals surface area contributed by atoms with Gasteiger partial charge in [0.25, 0.3) is 0 Å². The number of nitrogens with one attached hydrogen (secondary N) is 1. The molecule has 0 radical (unpaired) electrons. The van der Waals surface area contributed by atoms with E-state index < -0.39 is 0 Å². The van der Waals surface area contributed by atoms with E-state index in [-0.39, 0.29) is 0 Å². The van der Waals surface area contributed by atoms with E-state index in [0.29, 0.717) is 12.1 Å². The SMILES string of the molecule is Cc1cccc(NC2CCOC(C)C2)c1Br. The van der Waals surface area contributed by atoms with Gasteiger partial charge in [0.2, 0.25) is 0 Å². The molecule has 1 aliphatic heterocycles. The van der Waals surface area contributed by atoms with Crippen molar-refractivity contribution in [2.24, 2.45) is 0 Å². The summed E-state index contributed by atoms with van der Waals surface area (Å²) in [6.07, 6.45) is 2.54. The molecule has 2 unspecified atom stereocenters. The predicted molar refractivity (Wildman–Crippen MR) is 70.9 cm³/mol. The maximum atomic E-state index is 5.55. The van der Waals surface area contributed by atoms with Crippen molar-refractivity contribution in [3.05, 3.63) is 28.2 Å². The largest absolute Gasteiger partial charge is 0.381 e. The third-order valence-corrected chi connectivity index (χ3v) is 4.09. The van der Waals surface area contributed by atoms with Crippen molar-refractivity contribution in [2.45, 2.75) is 38.8 Å². The molecule has 1 aromatic carbocycles. The minimum Gasteiger partial charge on any atom is -0.381 e. The zero-order valence-electron chi connectivity index (χ0n) is 9.79. The van der Waals surface area contributed by atoms with E-state index in [1.54, 1.807) is 0 Å². The van der Waals surface area contributed by atoms with E-state index in [2.05, 4.69) is 53.3 Å². The van der Waals surface area contributed by atoms with Crippen LogP contribution in [-0.4, -0.2) is 18.8 Å². The Hall–Kier alpha value is -0.540. The molecule has 1 N–H and O–H groups in total. The molecule has 16 heavy (non-hydrogen) atoms. The summed E-state index contributed by atoms with van der Waals surface area (Å²) >= 11 is 3.63. The van der Waals surface area contributed by atoms with Gasteiger partial charge in [0, 0.05) is 22.8 Å². The molecule has 0 spiro atoms. The fraction of sp³-hybridized carbons (Fsp3) is 0.538. The average molecular weight is 284 g/mol. The molecule has 1 aliphatic rings. The summed E-state index contributed by atoms with van der Waals surface area (Å²) in [6, 6.07) is 6.85. The molecule has 3 heteroatoms. The van der Waals surface area contributed by atoms with Crippen LogP contribution in [0.2, 0.25) is 0 Å². The van der Waals surface area contributed by atoms with Crippen LogP contribution >= 0.6 is 15.9 Å². The third-order valence-electron chi connectivity index (χ3n) is 3.04. The molecule has 1 heterocycles. The zero-order chi connectivity index (χ0) is 11.5. The van der Waals surface area contributed by atoms with E-state index in [1.165, 1.54) is 15.7 Å². The molecule has 88 valence electrons. The van der Waals surface area contributed by atoms with Crippen LogP contribution < -0.4 is 5.32 Å². The van der Waals surface area contributed by atoms with Gasteiger partial charge in [0.05, 0.1) is 6.10 Å². The second kappa shape index (κ2) is 5.19. The van der Waals surface area contributed by atoms with E-state index in [0.717, 1.165) is 19.4 Å². The van der Waals surface area contributed by atoms with Crippen LogP contribution in [0, 0.1) is 6.92 Å². The van der Waals surface area contributed by atoms with Crippen LogP contribution in [0.1, 0.15) is 25.3 Å². The first-order valence-electron chi connectivity index (χ1n) is 5.80. The van der Waals surface area contributed by atoms with Crippen molar-refractivity contribution in [1.82, 2.24) is 0 Å². The molecule has 1 aromatic rings. The number of hydrogen-bond donors (Lipinski definition) is 1. The normalized spacial score (nSPS) is 25.4. The number of rotatable bonds is 2. The zero-order valence-corrected chi connectivity index (χ0v) is 11.4. The fourth-order valence-corrected chi connectivity index (χ4v) is 2.49. The van der Waals surface area contributed by atoms with Crippen molar-refractivity contribution in [2.75, 3.05) is 11.9 Å². The third kappa shape index (κ3) is 2.77. The Labute approximate surface area is 106 Å². The standard InChI is InChI=1S/C13H18BrNO/c1-9-4-3-5-12(13(9)14)15-11-6-7-16-10(2)8-11/h3-5,10-11,15H,6-8H2,1-2H3. The van der Waals surface area contributed by atoms with E-state index in [4.69, 9.17) is 4.74 Å². The van der Waals surface area contributed by atoms with Crippen LogP contribution in [0.4, 0.5) is 5.69 Å². The van der Waals surface area contributed by atoms with Gasteiger partial charge in [-0.1, -0.05) is 12.1 Å². The van der Waals surface area contributed by atoms with Gasteiger partial charge in [0.1, 0.15) is 0 Å². The lowest BCUT2D eigenvalue weighted by Gasteiger charge is -2.29. The van der Waals surface area contributed by atoms with Crippen molar-refractivity contribution in [3.63, 3.8) is 0 Å². The van der Waals surface area contributed by atoms with Crippen molar-refractivity contribution in [1.29, 1.82) is 0 Å². The number of halogens is 1. The summed E-state index contributed by atoms with van der Waals surface area (Å²) in [4.78, 5) is 0. The highest BCUT2D eigenvalue weighted by molar-refractivity contribution is 9.10. The van der Waals surface area contributed by atoms with E-state index >= 15 is 0 Å². The van der Waals surface area contributed by atoms with Crippen LogP contribution in [0.3, 0.4) is 0 Å². The molecule has 2 rings (SSSR count). The minimum absolute atomic E-state index is 0.370. The first-order chi connectivity index (χ1) is 7.66. The molecular formula is C13H18BrNO. The number of aryl methyl sites for hydroxylation is 1. The highest BCUT2D eigenvalue weighted by atomic mass is 79.9. The van der Waals surface area contributed by atoms with E-state index in [9.17, 15) is 0 Å². The van der Waals surface area contributed by atoms with E-state index in [1.807, 2.05) is 0 Å². The Morgan fingerprint density at radius 1 is 1.44 bits per heavy atom. The van der Waals surface area contributed by atoms with Gasteiger partial charge in [-0.15, -0.1) is 0 Å². The minimum atomic E-state index is 0.370. The molecule has 0 aliphatic carbocycles. The van der Waals surface area contributed by atoms with Crippen LogP contribution in [0.25, 0.3) is 0 Å². The lowest BCUT2D eigenvalue weighted by Crippen LogP contribution is -2.32. The maximum Gasteiger partial charge on any atom is 0.0566 e. The van der Waals surface area contributed by atoms with Crippen LogP contribution in [0.5, 0.6) is 0 Å². The summed E-state index contributed by atoms with van der Waals surface area (Å²) in [5, 5.41) is 3.59. The van der Waals surface area contributed by atoms with Crippen molar-refractivity contribution < 1.29 is 4.74 Å². The predicted octanol–water partition coefficient (Wildman–Crippen LogP) is 3.74. The quantitative estimate of drug-likeness (QED) is 0.893. The molecule has 2 nitrogen and oxygen atoms in total. The molecule has 0 amide bonds. The van der Waals surface area contributed by atoms with Gasteiger partial charge in [-0.25, -0.2) is 0 Å². The number of anilines is 1. The first-order valence-corrected chi connectivity index (χ1v) is 6.59. The Balaban J connectivity index is 2.05. The van der Waals surface area contributed by atoms with Crippen molar-refractivity contribution >= 4 is 21.6 Å². The van der Waals surface area contributed by atoms with Crippen LogP contribution in [-0.2, 0) is 4.74 Å². The Morgan fingerprint density at radius 3 is 3.00 bits per heavy atom. The molecule has 0 bridgehead atoms. The van der Waals surface area contributed by atoms with Crippen LogP contribution in [0.15, 0.2) is 22.7 Å². The fourth-order valence-electron chi connectivity index (χ4n) is 2.11. The summed E-state index contributed by atoms with van der Waals surface area (Å²) in [5.41, 5.74) is 2.46. The average Bonchev–Trinajstić information content (AvgIpc) is 2.25. The summed E-state index contributed by atoms with van der Waals surface area (Å²) < 4.78 is 6.72. The Bertz CT molecular complexity index is 367. The monoisotopic (exact) mass is 283 g/mol. The Kier molecular flexibility index (Phi) is 3.87. The second-order valence-electron chi connectivity index (χ2n) is 4.48. The van der Waals surface area contributed by atoms with Gasteiger partial charge in [-0.2, -0.15) is 0 Å². The highest BCUT2D eigenvalue weighted by Crippen LogP contribution is 2.28. The lowest BCUT2D eigenvalue weighted by atomic mass is 10.0. The van der Waals surface area contributed by atoms with Crippen molar-refractivity contribution in [3.8, 4) is 0 Å². The first kappa shape index (κ1) is 11.9. The topological polar surface area (TPSA) is 21.3 Å². The van der Waals surface area contributed by atoms with Gasteiger partial charge >= 0.3 is 0 Å². The summed E-state index contributed by atoms with van der Waals surface area (Å²) in [5.74, 6) is 0. The summed E-state index contributed by atoms with van der Waals surface area (Å²) in [6.45, 7) is 5.11. The maximum absolute atomic E-state index is 5.55. The lowest BCUT2D eigenvalue weighted by molar-refractivity contribution is 0.0232. The molecule has 2 atom stereocenters. The summed E-state index contributed by atoms with van der Waals surface area (Å²) in [7, 11) is 0. The second-order valence-corrected chi connectivity index (χ2v) is 5.28. The number of benzene rings is 1. The highest BCUT2D eigenvalue weighted by Gasteiger charge is 2.19. The van der Waals surface area contributed by atoms with Gasteiger partial charge < -0.3 is 10.1 Å². The molecule has 0 saturated carbocycles. The number of hydrogen-bond acceptors (Lipinski definition) is 2. The van der Waals surface area contributed by atoms with Gasteiger partial charge in [-0.05, 0) is 54.2 Å². The van der Waals surface area contributed by atoms with Gasteiger partial charge in [-0.3, -0.25) is 0 Å². The molecule has 1 fully saturated rings. The molecule has 0 aromatic heterocycles.